The third kappa shape index (κ3) is 2.66. The highest BCUT2D eigenvalue weighted by molar-refractivity contribution is 6.16. The van der Waals surface area contributed by atoms with Crippen LogP contribution in [0, 0.1) is 5.92 Å². The second-order valence-corrected chi connectivity index (χ2v) is 5.59. The highest BCUT2D eigenvalue weighted by atomic mass is 35.5. The van der Waals surface area contributed by atoms with Crippen molar-refractivity contribution in [1.82, 2.24) is 4.98 Å². The molecule has 1 aromatic rings. The SMILES string of the molecule is CC1(C)C(C(F)(F)F)CCN1c1ccnc(CCl)c1. The van der Waals surface area contributed by atoms with E-state index in [1.54, 1.807) is 37.1 Å². The predicted octanol–water partition coefficient (Wildman–Crippen LogP) is 3.99. The fourth-order valence-electron chi connectivity index (χ4n) is 2.82. The summed E-state index contributed by atoms with van der Waals surface area (Å²) in [5.41, 5.74) is 0.469. The number of anilines is 1. The van der Waals surface area contributed by atoms with Crippen molar-refractivity contribution in [3.05, 3.63) is 24.0 Å². The van der Waals surface area contributed by atoms with Gasteiger partial charge in [-0.25, -0.2) is 0 Å². The summed E-state index contributed by atoms with van der Waals surface area (Å²) < 4.78 is 39.1. The summed E-state index contributed by atoms with van der Waals surface area (Å²) in [5, 5.41) is 0. The molecule has 0 radical (unpaired) electrons. The lowest BCUT2D eigenvalue weighted by Gasteiger charge is -2.38. The van der Waals surface area contributed by atoms with E-state index >= 15 is 0 Å². The molecule has 0 aromatic carbocycles. The van der Waals surface area contributed by atoms with Gasteiger partial charge in [-0.1, -0.05) is 0 Å². The van der Waals surface area contributed by atoms with Gasteiger partial charge in [0.05, 0.1) is 17.5 Å². The first-order valence-electron chi connectivity index (χ1n) is 6.12. The lowest BCUT2D eigenvalue weighted by atomic mass is 9.87. The molecular weight excluding hydrogens is 277 g/mol. The number of pyridine rings is 1. The fraction of sp³-hybridized carbons (Fsp3) is 0.615. The maximum atomic E-state index is 13.0. The Kier molecular flexibility index (Phi) is 3.69. The van der Waals surface area contributed by atoms with Crippen LogP contribution in [0.25, 0.3) is 0 Å². The molecule has 1 aromatic heterocycles. The number of hydrogen-bond acceptors (Lipinski definition) is 2. The van der Waals surface area contributed by atoms with E-state index in [-0.39, 0.29) is 12.3 Å². The Hall–Kier alpha value is -0.970. The molecule has 0 amide bonds. The van der Waals surface area contributed by atoms with E-state index in [2.05, 4.69) is 4.98 Å². The van der Waals surface area contributed by atoms with Crippen molar-refractivity contribution in [3.8, 4) is 0 Å². The van der Waals surface area contributed by atoms with Gasteiger partial charge in [-0.15, -0.1) is 11.6 Å². The third-order valence-electron chi connectivity index (χ3n) is 3.83. The van der Waals surface area contributed by atoms with Gasteiger partial charge >= 0.3 is 6.18 Å². The molecule has 1 fully saturated rings. The Morgan fingerprint density at radius 3 is 2.68 bits per heavy atom. The Bertz CT molecular complexity index is 459. The number of aromatic nitrogens is 1. The molecule has 106 valence electrons. The second-order valence-electron chi connectivity index (χ2n) is 5.33. The summed E-state index contributed by atoms with van der Waals surface area (Å²) in [5.74, 6) is -1.06. The van der Waals surface area contributed by atoms with Crippen LogP contribution in [-0.4, -0.2) is 23.2 Å². The van der Waals surface area contributed by atoms with Gasteiger partial charge in [0, 0.05) is 24.0 Å². The highest BCUT2D eigenvalue weighted by Gasteiger charge is 2.54. The molecule has 6 heteroatoms. The third-order valence-corrected chi connectivity index (χ3v) is 4.11. The zero-order valence-electron chi connectivity index (χ0n) is 10.8. The highest BCUT2D eigenvalue weighted by Crippen LogP contribution is 2.46. The molecule has 0 N–H and O–H groups in total. The molecule has 1 aliphatic rings. The summed E-state index contributed by atoms with van der Waals surface area (Å²) >= 11 is 5.72. The molecule has 1 unspecified atom stereocenters. The van der Waals surface area contributed by atoms with Gasteiger partial charge in [-0.3, -0.25) is 4.98 Å². The van der Waals surface area contributed by atoms with Gasteiger partial charge in [0.2, 0.25) is 0 Å². The van der Waals surface area contributed by atoms with Crippen LogP contribution in [0.5, 0.6) is 0 Å². The van der Waals surface area contributed by atoms with Crippen LogP contribution in [0.1, 0.15) is 26.0 Å². The molecule has 2 heterocycles. The largest absolute Gasteiger partial charge is 0.394 e. The van der Waals surface area contributed by atoms with Crippen LogP contribution in [-0.2, 0) is 5.88 Å². The van der Waals surface area contributed by atoms with Crippen LogP contribution < -0.4 is 4.90 Å². The molecule has 1 aliphatic heterocycles. The molecule has 0 saturated carbocycles. The Morgan fingerprint density at radius 2 is 2.16 bits per heavy atom. The molecule has 0 aliphatic carbocycles. The van der Waals surface area contributed by atoms with Crippen molar-refractivity contribution in [2.45, 2.75) is 37.9 Å². The van der Waals surface area contributed by atoms with Crippen molar-refractivity contribution >= 4 is 17.3 Å². The zero-order chi connectivity index (χ0) is 14.3. The maximum absolute atomic E-state index is 13.0. The first-order chi connectivity index (χ1) is 8.76. The molecule has 0 bridgehead atoms. The predicted molar refractivity (Wildman–Crippen MR) is 69.4 cm³/mol. The van der Waals surface area contributed by atoms with Gasteiger partial charge < -0.3 is 4.90 Å². The smallest absolute Gasteiger partial charge is 0.366 e. The van der Waals surface area contributed by atoms with Gasteiger partial charge in [0.15, 0.2) is 0 Å². The van der Waals surface area contributed by atoms with E-state index in [0.29, 0.717) is 12.2 Å². The summed E-state index contributed by atoms with van der Waals surface area (Å²) in [4.78, 5) is 5.86. The Morgan fingerprint density at radius 1 is 1.47 bits per heavy atom. The lowest BCUT2D eigenvalue weighted by Crippen LogP contribution is -2.47. The van der Waals surface area contributed by atoms with Crippen molar-refractivity contribution < 1.29 is 13.2 Å². The molecule has 2 rings (SSSR count). The van der Waals surface area contributed by atoms with Crippen molar-refractivity contribution in [2.24, 2.45) is 5.92 Å². The summed E-state index contributed by atoms with van der Waals surface area (Å²) in [6.45, 7) is 3.67. The maximum Gasteiger partial charge on any atom is 0.394 e. The first kappa shape index (κ1) is 14.4. The van der Waals surface area contributed by atoms with E-state index in [4.69, 9.17) is 11.6 Å². The van der Waals surface area contributed by atoms with Crippen molar-refractivity contribution in [3.63, 3.8) is 0 Å². The van der Waals surface area contributed by atoms with E-state index in [0.717, 1.165) is 5.69 Å². The van der Waals surface area contributed by atoms with E-state index in [1.807, 2.05) is 0 Å². The van der Waals surface area contributed by atoms with Crippen molar-refractivity contribution in [2.75, 3.05) is 11.4 Å². The van der Waals surface area contributed by atoms with Crippen molar-refractivity contribution in [1.29, 1.82) is 0 Å². The molecule has 1 atom stereocenters. The van der Waals surface area contributed by atoms with Gasteiger partial charge in [-0.2, -0.15) is 13.2 Å². The van der Waals surface area contributed by atoms with E-state index < -0.39 is 17.6 Å². The first-order valence-corrected chi connectivity index (χ1v) is 6.65. The van der Waals surface area contributed by atoms with Crippen LogP contribution in [0.3, 0.4) is 0 Å². The topological polar surface area (TPSA) is 16.1 Å². The van der Waals surface area contributed by atoms with Crippen LogP contribution in [0.4, 0.5) is 18.9 Å². The molecule has 0 spiro atoms. The Labute approximate surface area is 115 Å². The molecule has 2 nitrogen and oxygen atoms in total. The standard InChI is InChI=1S/C13H16ClF3N2/c1-12(2)11(13(15,16)17)4-6-19(12)10-3-5-18-9(7-10)8-14/h3,5,7,11H,4,6,8H2,1-2H3. The molecular formula is C13H16ClF3N2. The van der Waals surface area contributed by atoms with Gasteiger partial charge in [0.1, 0.15) is 0 Å². The minimum Gasteiger partial charge on any atom is -0.366 e. The molecule has 1 saturated heterocycles. The number of nitrogens with zero attached hydrogens (tertiary/aromatic N) is 2. The van der Waals surface area contributed by atoms with Crippen LogP contribution in [0.2, 0.25) is 0 Å². The monoisotopic (exact) mass is 292 g/mol. The summed E-state index contributed by atoms with van der Waals surface area (Å²) in [6.07, 6.45) is -2.46. The lowest BCUT2D eigenvalue weighted by molar-refractivity contribution is -0.183. The number of alkyl halides is 4. The van der Waals surface area contributed by atoms with Crippen LogP contribution >= 0.6 is 11.6 Å². The average Bonchev–Trinajstić information content (AvgIpc) is 2.64. The van der Waals surface area contributed by atoms with Gasteiger partial charge in [0.25, 0.3) is 0 Å². The quantitative estimate of drug-likeness (QED) is 0.766. The zero-order valence-corrected chi connectivity index (χ0v) is 11.6. The fourth-order valence-corrected chi connectivity index (χ4v) is 2.97. The summed E-state index contributed by atoms with van der Waals surface area (Å²) in [7, 11) is 0. The number of hydrogen-bond donors (Lipinski definition) is 0. The molecule has 19 heavy (non-hydrogen) atoms. The number of rotatable bonds is 2. The van der Waals surface area contributed by atoms with E-state index in [9.17, 15) is 13.2 Å². The van der Waals surface area contributed by atoms with E-state index in [1.165, 1.54) is 0 Å². The minimum absolute atomic E-state index is 0.120. The normalized spacial score (nSPS) is 22.8. The summed E-state index contributed by atoms with van der Waals surface area (Å²) in [6, 6.07) is 3.49. The second kappa shape index (κ2) is 4.85. The average molecular weight is 293 g/mol. The Balaban J connectivity index is 2.31. The minimum atomic E-state index is -4.17. The van der Waals surface area contributed by atoms with Gasteiger partial charge in [-0.05, 0) is 32.4 Å². The van der Waals surface area contributed by atoms with Crippen LogP contribution in [0.15, 0.2) is 18.3 Å². The number of halogens is 4.